The minimum atomic E-state index is -4.81. The van der Waals surface area contributed by atoms with Gasteiger partial charge in [0.15, 0.2) is 0 Å². The number of halogens is 3. The number of rotatable bonds is 5. The second-order valence-electron chi connectivity index (χ2n) is 8.33. The van der Waals surface area contributed by atoms with E-state index in [0.717, 1.165) is 23.4 Å². The number of hydrogen-bond donors (Lipinski definition) is 1. The molecule has 2 aliphatic rings. The molecule has 4 rings (SSSR count). The zero-order chi connectivity index (χ0) is 25.8. The highest BCUT2D eigenvalue weighted by molar-refractivity contribution is 5.94. The molecule has 12 heteroatoms. The van der Waals surface area contributed by atoms with Crippen LogP contribution in [-0.4, -0.2) is 80.4 Å². The fourth-order valence-electron chi connectivity index (χ4n) is 4.06. The van der Waals surface area contributed by atoms with Crippen molar-refractivity contribution in [2.75, 3.05) is 46.5 Å². The van der Waals surface area contributed by atoms with Crippen LogP contribution in [0.2, 0.25) is 0 Å². The predicted octanol–water partition coefficient (Wildman–Crippen LogP) is 3.00. The maximum atomic E-state index is 13.0. The summed E-state index contributed by atoms with van der Waals surface area (Å²) < 4.78 is 57.9. The molecule has 0 bridgehead atoms. The summed E-state index contributed by atoms with van der Waals surface area (Å²) in [7, 11) is 1.58. The van der Waals surface area contributed by atoms with Gasteiger partial charge in [0.1, 0.15) is 11.5 Å². The lowest BCUT2D eigenvalue weighted by molar-refractivity contribution is -0.281. The first-order chi connectivity index (χ1) is 17.2. The van der Waals surface area contributed by atoms with E-state index >= 15 is 0 Å². The van der Waals surface area contributed by atoms with E-state index in [9.17, 15) is 22.8 Å². The molecule has 1 atom stereocenters. The van der Waals surface area contributed by atoms with E-state index in [2.05, 4.69) is 10.1 Å². The number of hydrogen-bond acceptors (Lipinski definition) is 6. The van der Waals surface area contributed by atoms with Gasteiger partial charge in [0.25, 0.3) is 5.91 Å². The lowest BCUT2D eigenvalue weighted by Crippen LogP contribution is -2.64. The van der Waals surface area contributed by atoms with E-state index in [-0.39, 0.29) is 50.3 Å². The van der Waals surface area contributed by atoms with Crippen LogP contribution in [0.25, 0.3) is 0 Å². The van der Waals surface area contributed by atoms with E-state index in [0.29, 0.717) is 13.1 Å². The Kier molecular flexibility index (Phi) is 7.55. The van der Waals surface area contributed by atoms with Gasteiger partial charge in [-0.1, -0.05) is 12.1 Å². The highest BCUT2D eigenvalue weighted by Crippen LogP contribution is 2.27. The van der Waals surface area contributed by atoms with Gasteiger partial charge >= 0.3 is 12.4 Å². The highest BCUT2D eigenvalue weighted by atomic mass is 19.4. The molecule has 2 aromatic carbocycles. The minimum Gasteiger partial charge on any atom is -0.497 e. The molecule has 0 aromatic heterocycles. The molecule has 2 aromatic rings. The topological polar surface area (TPSA) is 89.6 Å². The average molecular weight is 509 g/mol. The highest BCUT2D eigenvalue weighted by Gasteiger charge is 2.44. The molecule has 3 amide bonds. The summed E-state index contributed by atoms with van der Waals surface area (Å²) in [6.07, 6.45) is -4.81. The number of methoxy groups -OCH3 is 1. The molecule has 1 N–H and O–H groups in total. The molecule has 2 aliphatic heterocycles. The Morgan fingerprint density at radius 3 is 2.14 bits per heavy atom. The van der Waals surface area contributed by atoms with Crippen molar-refractivity contribution in [3.8, 4) is 11.5 Å². The summed E-state index contributed by atoms with van der Waals surface area (Å²) >= 11 is 0. The number of alkyl halides is 3. The van der Waals surface area contributed by atoms with Crippen molar-refractivity contribution in [3.05, 3.63) is 59.7 Å². The minimum absolute atomic E-state index is 0.0644. The lowest BCUT2D eigenvalue weighted by Gasteiger charge is -2.47. The first kappa shape index (κ1) is 25.6. The second kappa shape index (κ2) is 10.6. The number of amides is 3. The van der Waals surface area contributed by atoms with Gasteiger partial charge in [-0.15, -0.1) is 13.2 Å². The molecule has 0 radical (unpaired) electrons. The Morgan fingerprint density at radius 2 is 1.53 bits per heavy atom. The van der Waals surface area contributed by atoms with Crippen LogP contribution in [0.1, 0.15) is 15.9 Å². The van der Waals surface area contributed by atoms with Gasteiger partial charge in [0, 0.05) is 25.2 Å². The Labute approximate surface area is 205 Å². The summed E-state index contributed by atoms with van der Waals surface area (Å²) in [6, 6.07) is 11.8. The number of nitrogens with one attached hydrogen (secondary N) is 1. The molecule has 0 aliphatic carbocycles. The van der Waals surface area contributed by atoms with Crippen molar-refractivity contribution in [3.63, 3.8) is 0 Å². The van der Waals surface area contributed by atoms with Gasteiger partial charge in [-0.3, -0.25) is 4.79 Å². The normalized spacial score (nSPS) is 20.2. The Morgan fingerprint density at radius 1 is 0.944 bits per heavy atom. The largest absolute Gasteiger partial charge is 0.573 e. The molecule has 9 nitrogen and oxygen atoms in total. The summed E-state index contributed by atoms with van der Waals surface area (Å²) in [5, 5.41) is 2.87. The third kappa shape index (κ3) is 6.38. The van der Waals surface area contributed by atoms with Crippen molar-refractivity contribution in [2.45, 2.75) is 18.7 Å². The van der Waals surface area contributed by atoms with Gasteiger partial charge < -0.3 is 34.1 Å². The first-order valence-corrected chi connectivity index (χ1v) is 11.3. The predicted molar refractivity (Wildman–Crippen MR) is 120 cm³/mol. The molecular formula is C24H26F3N3O6. The van der Waals surface area contributed by atoms with Crippen LogP contribution in [-0.2, 0) is 16.0 Å². The van der Waals surface area contributed by atoms with Crippen LogP contribution < -0.4 is 14.8 Å². The van der Waals surface area contributed by atoms with E-state index in [1.165, 1.54) is 17.0 Å². The molecule has 36 heavy (non-hydrogen) atoms. The smallest absolute Gasteiger partial charge is 0.497 e. The average Bonchev–Trinajstić information content (AvgIpc) is 2.87. The fourth-order valence-corrected chi connectivity index (χ4v) is 4.06. The standard InChI is InChI=1S/C24H26F3N3O6/c1-33-19-6-2-17(3-7-19)14-28-22(32)30-11-13-35-23(16-30)15-29(10-12-34-23)21(31)18-4-8-20(9-5-18)36-24(25,26)27/h2-9H,10-16H2,1H3,(H,28,32). The number of carbonyl (C=O) groups excluding carboxylic acids is 2. The third-order valence-electron chi connectivity index (χ3n) is 5.83. The Bertz CT molecular complexity index is 1060. The van der Waals surface area contributed by atoms with Crippen LogP contribution >= 0.6 is 0 Å². The van der Waals surface area contributed by atoms with Crippen LogP contribution in [0, 0.1) is 0 Å². The summed E-state index contributed by atoms with van der Waals surface area (Å²) in [5.74, 6) is -1.27. The Balaban J connectivity index is 1.35. The zero-order valence-corrected chi connectivity index (χ0v) is 19.5. The van der Waals surface area contributed by atoms with Crippen LogP contribution in [0.3, 0.4) is 0 Å². The number of urea groups is 1. The van der Waals surface area contributed by atoms with Gasteiger partial charge in [0.05, 0.1) is 33.4 Å². The number of morpholine rings is 2. The molecule has 2 fully saturated rings. The van der Waals surface area contributed by atoms with Gasteiger partial charge in [-0.05, 0) is 42.0 Å². The van der Waals surface area contributed by atoms with Crippen LogP contribution in [0.5, 0.6) is 11.5 Å². The summed E-state index contributed by atoms with van der Waals surface area (Å²) in [5.41, 5.74) is 1.11. The van der Waals surface area contributed by atoms with Crippen molar-refractivity contribution < 1.29 is 41.7 Å². The maximum Gasteiger partial charge on any atom is 0.573 e. The quantitative estimate of drug-likeness (QED) is 0.667. The molecule has 2 saturated heterocycles. The molecule has 1 spiro atoms. The monoisotopic (exact) mass is 509 g/mol. The van der Waals surface area contributed by atoms with Crippen LogP contribution in [0.4, 0.5) is 18.0 Å². The summed E-state index contributed by atoms with van der Waals surface area (Å²) in [4.78, 5) is 28.9. The molecule has 194 valence electrons. The van der Waals surface area contributed by atoms with Gasteiger partial charge in [-0.2, -0.15) is 0 Å². The number of benzene rings is 2. The summed E-state index contributed by atoms with van der Waals surface area (Å²) in [6.45, 7) is 1.54. The van der Waals surface area contributed by atoms with E-state index < -0.39 is 17.9 Å². The second-order valence-corrected chi connectivity index (χ2v) is 8.33. The van der Waals surface area contributed by atoms with E-state index in [1.54, 1.807) is 12.0 Å². The molecule has 0 saturated carbocycles. The fraction of sp³-hybridized carbons (Fsp3) is 0.417. The Hall–Kier alpha value is -3.51. The first-order valence-electron chi connectivity index (χ1n) is 11.3. The molecule has 2 heterocycles. The number of nitrogens with zero attached hydrogens (tertiary/aromatic N) is 2. The maximum absolute atomic E-state index is 13.0. The van der Waals surface area contributed by atoms with Crippen molar-refractivity contribution in [2.24, 2.45) is 0 Å². The van der Waals surface area contributed by atoms with E-state index in [1.807, 2.05) is 24.3 Å². The number of ether oxygens (including phenoxy) is 4. The third-order valence-corrected chi connectivity index (χ3v) is 5.83. The molecule has 1 unspecified atom stereocenters. The van der Waals surface area contributed by atoms with Gasteiger partial charge in [-0.25, -0.2) is 4.79 Å². The zero-order valence-electron chi connectivity index (χ0n) is 19.5. The van der Waals surface area contributed by atoms with Gasteiger partial charge in [0.2, 0.25) is 5.79 Å². The molecular weight excluding hydrogens is 483 g/mol. The van der Waals surface area contributed by atoms with Crippen molar-refractivity contribution in [1.29, 1.82) is 0 Å². The lowest BCUT2D eigenvalue weighted by atomic mass is 10.1. The van der Waals surface area contributed by atoms with Crippen molar-refractivity contribution in [1.82, 2.24) is 15.1 Å². The van der Waals surface area contributed by atoms with E-state index in [4.69, 9.17) is 14.2 Å². The number of carbonyl (C=O) groups is 2. The van der Waals surface area contributed by atoms with Crippen molar-refractivity contribution >= 4 is 11.9 Å². The van der Waals surface area contributed by atoms with Crippen LogP contribution in [0.15, 0.2) is 48.5 Å². The SMILES string of the molecule is COc1ccc(CNC(=O)N2CCOC3(C2)CN(C(=O)c2ccc(OC(F)(F)F)cc2)CCO3)cc1.